The number of nitrogen functional groups attached to an aromatic ring is 1. The maximum absolute atomic E-state index is 9.79. The van der Waals surface area contributed by atoms with Gasteiger partial charge < -0.3 is 21.3 Å². The Morgan fingerprint density at radius 2 is 2.31 bits per heavy atom. The van der Waals surface area contributed by atoms with E-state index in [1.54, 1.807) is 7.05 Å². The van der Waals surface area contributed by atoms with Crippen molar-refractivity contribution in [2.45, 2.75) is 18.6 Å². The van der Waals surface area contributed by atoms with Gasteiger partial charge in [-0.15, -0.1) is 0 Å². The number of aliphatic hydroxyl groups excluding tert-OH is 2. The largest absolute Gasteiger partial charge is 0.390 e. The zero-order chi connectivity index (χ0) is 12.1. The van der Waals surface area contributed by atoms with E-state index in [0.717, 1.165) is 0 Å². The molecular formula is C9H15N5O2. The van der Waals surface area contributed by atoms with E-state index in [4.69, 9.17) is 11.0 Å². The maximum Gasteiger partial charge on any atom is 0.163 e. The summed E-state index contributed by atoms with van der Waals surface area (Å²) in [5.41, 5.74) is 5.66. The van der Waals surface area contributed by atoms with E-state index in [0.29, 0.717) is 13.0 Å². The smallest absolute Gasteiger partial charge is 0.163 e. The Bertz CT molecular complexity index is 384. The first-order valence-corrected chi connectivity index (χ1v) is 4.86. The average molecular weight is 225 g/mol. The second-order valence-electron chi connectivity index (χ2n) is 3.41. The van der Waals surface area contributed by atoms with E-state index >= 15 is 0 Å². The van der Waals surface area contributed by atoms with E-state index < -0.39 is 12.2 Å². The van der Waals surface area contributed by atoms with Crippen LogP contribution in [0.4, 0.5) is 5.82 Å². The first kappa shape index (κ1) is 12.4. The molecule has 0 aromatic carbocycles. The fourth-order valence-corrected chi connectivity index (χ4v) is 1.34. The van der Waals surface area contributed by atoms with Gasteiger partial charge in [-0.2, -0.15) is 10.4 Å². The first-order chi connectivity index (χ1) is 7.61. The van der Waals surface area contributed by atoms with Gasteiger partial charge in [0.25, 0.3) is 0 Å². The summed E-state index contributed by atoms with van der Waals surface area (Å²) in [4.78, 5) is 0. The van der Waals surface area contributed by atoms with Crippen LogP contribution in [0.1, 0.15) is 23.8 Å². The highest BCUT2D eigenvalue weighted by atomic mass is 16.3. The second kappa shape index (κ2) is 5.46. The van der Waals surface area contributed by atoms with E-state index in [-0.39, 0.29) is 17.1 Å². The van der Waals surface area contributed by atoms with Crippen LogP contribution < -0.4 is 11.1 Å². The fourth-order valence-electron chi connectivity index (χ4n) is 1.34. The standard InChI is InChI=1S/C9H15N5O2/c1-12-3-2-6(15)8(16)7-5(4-10)9(11)14-13-7/h6,8,12,15-16H,2-3H2,1H3,(H3,11,13,14). The summed E-state index contributed by atoms with van der Waals surface area (Å²) >= 11 is 0. The number of nitrogens with zero attached hydrogens (tertiary/aromatic N) is 2. The molecule has 0 fully saturated rings. The van der Waals surface area contributed by atoms with E-state index in [1.165, 1.54) is 0 Å². The van der Waals surface area contributed by atoms with Crippen LogP contribution >= 0.6 is 0 Å². The van der Waals surface area contributed by atoms with Gasteiger partial charge in [-0.05, 0) is 20.0 Å². The number of hydrogen-bond acceptors (Lipinski definition) is 6. The molecule has 7 nitrogen and oxygen atoms in total. The van der Waals surface area contributed by atoms with Gasteiger partial charge in [-0.25, -0.2) is 0 Å². The molecule has 0 aliphatic rings. The summed E-state index contributed by atoms with van der Waals surface area (Å²) in [5, 5.41) is 37.1. The van der Waals surface area contributed by atoms with Gasteiger partial charge in [-0.3, -0.25) is 5.10 Å². The van der Waals surface area contributed by atoms with E-state index in [2.05, 4.69) is 15.5 Å². The first-order valence-electron chi connectivity index (χ1n) is 4.86. The van der Waals surface area contributed by atoms with E-state index in [9.17, 15) is 10.2 Å². The van der Waals surface area contributed by atoms with Crippen LogP contribution in [-0.2, 0) is 0 Å². The molecule has 2 unspecified atom stereocenters. The Hall–Kier alpha value is -1.62. The molecule has 0 spiro atoms. The molecule has 0 aliphatic carbocycles. The van der Waals surface area contributed by atoms with Crippen molar-refractivity contribution in [3.63, 3.8) is 0 Å². The molecule has 0 amide bonds. The van der Waals surface area contributed by atoms with Crippen molar-refractivity contribution >= 4 is 5.82 Å². The minimum atomic E-state index is -1.19. The molecule has 1 heterocycles. The summed E-state index contributed by atoms with van der Waals surface area (Å²) in [6, 6.07) is 1.83. The predicted octanol–water partition coefficient (Wildman–Crippen LogP) is -1.13. The number of rotatable bonds is 5. The third-order valence-corrected chi connectivity index (χ3v) is 2.28. The van der Waals surface area contributed by atoms with Crippen LogP contribution in [0.3, 0.4) is 0 Å². The number of aromatic amines is 1. The number of hydrogen-bond donors (Lipinski definition) is 5. The van der Waals surface area contributed by atoms with Gasteiger partial charge in [0, 0.05) is 0 Å². The molecule has 1 rings (SSSR count). The van der Waals surface area contributed by atoms with Crippen molar-refractivity contribution in [2.24, 2.45) is 0 Å². The quantitative estimate of drug-likeness (QED) is 0.431. The highest BCUT2D eigenvalue weighted by Crippen LogP contribution is 2.23. The number of H-pyrrole nitrogens is 1. The van der Waals surface area contributed by atoms with Crippen molar-refractivity contribution in [3.8, 4) is 6.07 Å². The summed E-state index contributed by atoms with van der Waals surface area (Å²) in [7, 11) is 1.74. The number of aliphatic hydroxyl groups is 2. The minimum absolute atomic E-state index is 0.0253. The summed E-state index contributed by atoms with van der Waals surface area (Å²) < 4.78 is 0. The van der Waals surface area contributed by atoms with Gasteiger partial charge in [0.15, 0.2) is 5.82 Å². The third-order valence-electron chi connectivity index (χ3n) is 2.28. The summed E-state index contributed by atoms with van der Waals surface area (Å²) in [5.74, 6) is 0.0253. The van der Waals surface area contributed by atoms with Crippen molar-refractivity contribution in [3.05, 3.63) is 11.3 Å². The molecule has 1 aromatic heterocycles. The zero-order valence-electron chi connectivity index (χ0n) is 8.94. The van der Waals surface area contributed by atoms with Gasteiger partial charge in [-0.1, -0.05) is 0 Å². The molecular weight excluding hydrogens is 210 g/mol. The molecule has 7 heteroatoms. The predicted molar refractivity (Wildman–Crippen MR) is 57.2 cm³/mol. The summed E-state index contributed by atoms with van der Waals surface area (Å²) in [6.07, 6.45) is -1.80. The number of aromatic nitrogens is 2. The van der Waals surface area contributed by atoms with E-state index in [1.807, 2.05) is 6.07 Å². The number of nitrogens with two attached hydrogens (primary N) is 1. The van der Waals surface area contributed by atoms with Crippen molar-refractivity contribution in [2.75, 3.05) is 19.3 Å². The molecule has 1 aromatic rings. The molecule has 0 bridgehead atoms. The number of nitriles is 1. The lowest BCUT2D eigenvalue weighted by atomic mass is 10.0. The zero-order valence-corrected chi connectivity index (χ0v) is 8.94. The highest BCUT2D eigenvalue weighted by Gasteiger charge is 2.24. The molecule has 0 saturated carbocycles. The van der Waals surface area contributed by atoms with Gasteiger partial charge in [0.05, 0.1) is 11.8 Å². The van der Waals surface area contributed by atoms with Crippen LogP contribution in [0.5, 0.6) is 0 Å². The van der Waals surface area contributed by atoms with Gasteiger partial charge >= 0.3 is 0 Å². The molecule has 88 valence electrons. The topological polar surface area (TPSA) is 131 Å². The van der Waals surface area contributed by atoms with Gasteiger partial charge in [0.1, 0.15) is 17.7 Å². The highest BCUT2D eigenvalue weighted by molar-refractivity contribution is 5.51. The Morgan fingerprint density at radius 1 is 1.62 bits per heavy atom. The lowest BCUT2D eigenvalue weighted by Crippen LogP contribution is -2.24. The van der Waals surface area contributed by atoms with Crippen LogP contribution in [-0.4, -0.2) is 40.1 Å². The molecule has 0 aliphatic heterocycles. The normalized spacial score (nSPS) is 14.4. The number of anilines is 1. The maximum atomic E-state index is 9.79. The number of nitrogens with one attached hydrogen (secondary N) is 2. The monoisotopic (exact) mass is 225 g/mol. The van der Waals surface area contributed by atoms with Crippen LogP contribution in [0.15, 0.2) is 0 Å². The Balaban J connectivity index is 2.80. The lowest BCUT2D eigenvalue weighted by molar-refractivity contribution is 0.0113. The summed E-state index contributed by atoms with van der Waals surface area (Å²) in [6.45, 7) is 0.559. The van der Waals surface area contributed by atoms with Crippen LogP contribution in [0.2, 0.25) is 0 Å². The molecule has 2 atom stereocenters. The molecule has 0 radical (unpaired) electrons. The Labute approximate surface area is 92.9 Å². The molecule has 0 saturated heterocycles. The molecule has 16 heavy (non-hydrogen) atoms. The SMILES string of the molecule is CNCCC(O)C(O)c1[nH]nc(N)c1C#N. The lowest BCUT2D eigenvalue weighted by Gasteiger charge is -2.16. The van der Waals surface area contributed by atoms with Crippen molar-refractivity contribution in [1.29, 1.82) is 5.26 Å². The minimum Gasteiger partial charge on any atom is -0.390 e. The molecule has 6 N–H and O–H groups in total. The third kappa shape index (κ3) is 2.49. The second-order valence-corrected chi connectivity index (χ2v) is 3.41. The Morgan fingerprint density at radius 3 is 2.88 bits per heavy atom. The van der Waals surface area contributed by atoms with Gasteiger partial charge in [0.2, 0.25) is 0 Å². The Kier molecular flexibility index (Phi) is 4.25. The fraction of sp³-hybridized carbons (Fsp3) is 0.556. The van der Waals surface area contributed by atoms with Crippen LogP contribution in [0.25, 0.3) is 0 Å². The average Bonchev–Trinajstić information content (AvgIpc) is 2.66. The van der Waals surface area contributed by atoms with Crippen LogP contribution in [0, 0.1) is 11.3 Å². The van der Waals surface area contributed by atoms with Crippen molar-refractivity contribution < 1.29 is 10.2 Å². The van der Waals surface area contributed by atoms with Crippen molar-refractivity contribution in [1.82, 2.24) is 15.5 Å².